The summed E-state index contributed by atoms with van der Waals surface area (Å²) in [5, 5.41) is 3.61. The zero-order valence-electron chi connectivity index (χ0n) is 8.48. The van der Waals surface area contributed by atoms with E-state index in [1.165, 1.54) is 17.5 Å². The monoisotopic (exact) mass is 271 g/mol. The summed E-state index contributed by atoms with van der Waals surface area (Å²) in [6.45, 7) is 2.77. The van der Waals surface area contributed by atoms with Crippen molar-refractivity contribution >= 4 is 33.8 Å². The summed E-state index contributed by atoms with van der Waals surface area (Å²) in [7, 11) is -1.58. The lowest BCUT2D eigenvalue weighted by Gasteiger charge is -2.02. The highest BCUT2D eigenvalue weighted by atomic mass is 35.5. The highest BCUT2D eigenvalue weighted by molar-refractivity contribution is 7.91. The first-order valence-corrected chi connectivity index (χ1v) is 6.43. The maximum absolute atomic E-state index is 11.6. The molecule has 1 aromatic rings. The van der Waals surface area contributed by atoms with Crippen molar-refractivity contribution in [2.75, 3.05) is 20.1 Å². The Kier molecular flexibility index (Phi) is 6.30. The van der Waals surface area contributed by atoms with E-state index in [9.17, 15) is 8.42 Å². The van der Waals surface area contributed by atoms with Crippen LogP contribution in [0.4, 0.5) is 0 Å². The SMILES string of the molecule is CNCCNS(=O)(=O)c1cnc(C)s1.Cl. The van der Waals surface area contributed by atoms with E-state index in [4.69, 9.17) is 0 Å². The molecule has 0 saturated carbocycles. The van der Waals surface area contributed by atoms with E-state index in [1.54, 1.807) is 14.0 Å². The van der Waals surface area contributed by atoms with Gasteiger partial charge in [-0.15, -0.1) is 23.7 Å². The van der Waals surface area contributed by atoms with E-state index in [1.807, 2.05) is 0 Å². The van der Waals surface area contributed by atoms with Gasteiger partial charge >= 0.3 is 0 Å². The first-order valence-electron chi connectivity index (χ1n) is 4.13. The maximum Gasteiger partial charge on any atom is 0.251 e. The number of thiazole rings is 1. The fourth-order valence-electron chi connectivity index (χ4n) is 0.848. The lowest BCUT2D eigenvalue weighted by atomic mass is 10.7. The summed E-state index contributed by atoms with van der Waals surface area (Å²) in [6.07, 6.45) is 1.38. The van der Waals surface area contributed by atoms with Crippen molar-refractivity contribution in [2.45, 2.75) is 11.1 Å². The van der Waals surface area contributed by atoms with Gasteiger partial charge in [-0.25, -0.2) is 18.1 Å². The number of nitrogens with one attached hydrogen (secondary N) is 2. The molecule has 88 valence electrons. The second-order valence-electron chi connectivity index (χ2n) is 2.70. The van der Waals surface area contributed by atoms with Gasteiger partial charge in [0.05, 0.1) is 11.2 Å². The molecule has 0 spiro atoms. The summed E-state index contributed by atoms with van der Waals surface area (Å²) in [5.41, 5.74) is 0. The standard InChI is InChI=1S/C7H13N3O2S2.ClH/c1-6-9-5-7(13-6)14(11,12)10-4-3-8-2;/h5,8,10H,3-4H2,1-2H3;1H. The van der Waals surface area contributed by atoms with Crippen molar-refractivity contribution in [1.82, 2.24) is 15.0 Å². The molecular formula is C7H14ClN3O2S2. The number of aromatic nitrogens is 1. The molecule has 0 saturated heterocycles. The number of rotatable bonds is 5. The third-order valence-electron chi connectivity index (χ3n) is 1.53. The van der Waals surface area contributed by atoms with Crippen molar-refractivity contribution in [3.8, 4) is 0 Å². The Balaban J connectivity index is 0.00000196. The average Bonchev–Trinajstić information content (AvgIpc) is 2.53. The highest BCUT2D eigenvalue weighted by Gasteiger charge is 2.15. The molecule has 1 rings (SSSR count). The molecule has 0 aromatic carbocycles. The Morgan fingerprint density at radius 3 is 2.60 bits per heavy atom. The van der Waals surface area contributed by atoms with Crippen LogP contribution in [0.25, 0.3) is 0 Å². The lowest BCUT2D eigenvalue weighted by molar-refractivity contribution is 0.581. The number of hydrogen-bond acceptors (Lipinski definition) is 5. The predicted molar refractivity (Wildman–Crippen MR) is 63.2 cm³/mol. The molecule has 0 aliphatic heterocycles. The molecule has 0 bridgehead atoms. The molecule has 0 aliphatic rings. The molecule has 0 radical (unpaired) electrons. The molecule has 0 aliphatic carbocycles. The summed E-state index contributed by atoms with van der Waals surface area (Å²) < 4.78 is 25.8. The Bertz CT molecular complexity index is 391. The van der Waals surface area contributed by atoms with Crippen LogP contribution in [0.1, 0.15) is 5.01 Å². The summed E-state index contributed by atoms with van der Waals surface area (Å²) >= 11 is 1.17. The molecule has 0 atom stereocenters. The zero-order chi connectivity index (χ0) is 10.6. The van der Waals surface area contributed by atoms with Gasteiger partial charge in [-0.3, -0.25) is 0 Å². The van der Waals surface area contributed by atoms with Crippen LogP contribution in [0.5, 0.6) is 0 Å². The molecule has 15 heavy (non-hydrogen) atoms. The van der Waals surface area contributed by atoms with Crippen LogP contribution in [0.15, 0.2) is 10.4 Å². The van der Waals surface area contributed by atoms with Gasteiger partial charge in [-0.2, -0.15) is 0 Å². The number of nitrogens with zero attached hydrogens (tertiary/aromatic N) is 1. The third kappa shape index (κ3) is 4.43. The highest BCUT2D eigenvalue weighted by Crippen LogP contribution is 2.16. The zero-order valence-corrected chi connectivity index (χ0v) is 10.9. The van der Waals surface area contributed by atoms with Gasteiger partial charge in [0.2, 0.25) is 0 Å². The minimum Gasteiger partial charge on any atom is -0.318 e. The molecule has 1 aromatic heterocycles. The van der Waals surface area contributed by atoms with Crippen molar-refractivity contribution in [1.29, 1.82) is 0 Å². The molecule has 0 fully saturated rings. The van der Waals surface area contributed by atoms with Crippen LogP contribution >= 0.6 is 23.7 Å². The molecule has 1 heterocycles. The predicted octanol–water partition coefficient (Wildman–Crippen LogP) is 0.371. The van der Waals surface area contributed by atoms with Crippen molar-refractivity contribution in [3.63, 3.8) is 0 Å². The third-order valence-corrected chi connectivity index (χ3v) is 4.37. The van der Waals surface area contributed by atoms with Gasteiger partial charge < -0.3 is 5.32 Å². The van der Waals surface area contributed by atoms with Crippen LogP contribution in [0.3, 0.4) is 0 Å². The summed E-state index contributed by atoms with van der Waals surface area (Å²) in [4.78, 5) is 3.89. The van der Waals surface area contributed by atoms with Gasteiger partial charge in [-0.1, -0.05) is 0 Å². The maximum atomic E-state index is 11.6. The quantitative estimate of drug-likeness (QED) is 0.759. The Morgan fingerprint density at radius 2 is 2.13 bits per heavy atom. The average molecular weight is 272 g/mol. The summed E-state index contributed by atoms with van der Waals surface area (Å²) in [5.74, 6) is 0. The molecule has 0 unspecified atom stereocenters. The first-order chi connectivity index (χ1) is 6.56. The Hall–Kier alpha value is -0.210. The number of halogens is 1. The van der Waals surface area contributed by atoms with E-state index in [0.717, 1.165) is 5.01 Å². The molecule has 0 amide bonds. The van der Waals surface area contributed by atoms with Gasteiger partial charge in [0.25, 0.3) is 10.0 Å². The van der Waals surface area contributed by atoms with Crippen molar-refractivity contribution < 1.29 is 8.42 Å². The van der Waals surface area contributed by atoms with Gasteiger partial charge in [0.15, 0.2) is 4.21 Å². The fourth-order valence-corrected chi connectivity index (χ4v) is 3.03. The van der Waals surface area contributed by atoms with Crippen molar-refractivity contribution in [2.24, 2.45) is 0 Å². The number of aryl methyl sites for hydroxylation is 1. The molecule has 8 heteroatoms. The van der Waals surface area contributed by atoms with E-state index in [0.29, 0.717) is 13.1 Å². The number of sulfonamides is 1. The Labute approximate surface area is 99.8 Å². The van der Waals surface area contributed by atoms with Gasteiger partial charge in [0.1, 0.15) is 0 Å². The normalized spacial score (nSPS) is 11.1. The Morgan fingerprint density at radius 1 is 1.47 bits per heavy atom. The van der Waals surface area contributed by atoms with Crippen LogP contribution in [-0.4, -0.2) is 33.5 Å². The topological polar surface area (TPSA) is 71.1 Å². The number of hydrogen-bond donors (Lipinski definition) is 2. The van der Waals surface area contributed by atoms with Crippen LogP contribution in [0.2, 0.25) is 0 Å². The van der Waals surface area contributed by atoms with Gasteiger partial charge in [0, 0.05) is 13.1 Å². The van der Waals surface area contributed by atoms with Crippen LogP contribution in [0, 0.1) is 6.92 Å². The van der Waals surface area contributed by atoms with E-state index < -0.39 is 10.0 Å². The first kappa shape index (κ1) is 14.8. The number of likely N-dealkylation sites (N-methyl/N-ethyl adjacent to an activating group) is 1. The molecular weight excluding hydrogens is 258 g/mol. The van der Waals surface area contributed by atoms with Crippen LogP contribution in [-0.2, 0) is 10.0 Å². The molecule has 2 N–H and O–H groups in total. The van der Waals surface area contributed by atoms with Crippen molar-refractivity contribution in [3.05, 3.63) is 11.2 Å². The lowest BCUT2D eigenvalue weighted by Crippen LogP contribution is -2.30. The van der Waals surface area contributed by atoms with E-state index >= 15 is 0 Å². The van der Waals surface area contributed by atoms with Crippen LogP contribution < -0.4 is 10.0 Å². The summed E-state index contributed by atoms with van der Waals surface area (Å²) in [6, 6.07) is 0. The smallest absolute Gasteiger partial charge is 0.251 e. The second kappa shape index (κ2) is 6.39. The second-order valence-corrected chi connectivity index (χ2v) is 5.93. The van der Waals surface area contributed by atoms with Gasteiger partial charge in [-0.05, 0) is 14.0 Å². The minimum absolute atomic E-state index is 0. The fraction of sp³-hybridized carbons (Fsp3) is 0.571. The van der Waals surface area contributed by atoms with E-state index in [2.05, 4.69) is 15.0 Å². The largest absolute Gasteiger partial charge is 0.318 e. The van der Waals surface area contributed by atoms with E-state index in [-0.39, 0.29) is 16.6 Å². The molecule has 5 nitrogen and oxygen atoms in total. The minimum atomic E-state index is -3.35.